The van der Waals surface area contributed by atoms with Crippen LogP contribution >= 0.6 is 0 Å². The van der Waals surface area contributed by atoms with Crippen LogP contribution in [0.1, 0.15) is 37.8 Å². The summed E-state index contributed by atoms with van der Waals surface area (Å²) in [6.07, 6.45) is 2.33. The first kappa shape index (κ1) is 14.2. The van der Waals surface area contributed by atoms with E-state index in [4.69, 9.17) is 5.11 Å². The standard InChI is InChI=1S/C14H23N3O2/c1-3-11(2)8-16-5-4-6-17-12(9-16)7-13(15-17)14(19)10-18/h3,7,14,18-19H,4-6,8-10H2,1-2H3. The number of aliphatic hydroxyl groups is 2. The van der Waals surface area contributed by atoms with Crippen molar-refractivity contribution in [2.45, 2.75) is 39.5 Å². The summed E-state index contributed by atoms with van der Waals surface area (Å²) < 4.78 is 1.96. The van der Waals surface area contributed by atoms with Crippen molar-refractivity contribution in [1.82, 2.24) is 14.7 Å². The van der Waals surface area contributed by atoms with E-state index in [9.17, 15) is 5.11 Å². The molecule has 0 radical (unpaired) electrons. The molecule has 0 saturated carbocycles. The lowest BCUT2D eigenvalue weighted by Crippen LogP contribution is -2.25. The number of hydrogen-bond donors (Lipinski definition) is 2. The first-order valence-electron chi connectivity index (χ1n) is 6.83. The van der Waals surface area contributed by atoms with E-state index in [-0.39, 0.29) is 6.61 Å². The third-order valence-corrected chi connectivity index (χ3v) is 3.59. The molecule has 2 heterocycles. The Hall–Kier alpha value is -1.17. The second-order valence-corrected chi connectivity index (χ2v) is 5.18. The minimum absolute atomic E-state index is 0.280. The second-order valence-electron chi connectivity index (χ2n) is 5.18. The van der Waals surface area contributed by atoms with Crippen molar-refractivity contribution in [3.63, 3.8) is 0 Å². The van der Waals surface area contributed by atoms with Gasteiger partial charge in [0.2, 0.25) is 0 Å². The van der Waals surface area contributed by atoms with Crippen molar-refractivity contribution < 1.29 is 10.2 Å². The van der Waals surface area contributed by atoms with Gasteiger partial charge in [0.05, 0.1) is 18.0 Å². The Kier molecular flexibility index (Phi) is 4.74. The number of rotatable bonds is 4. The lowest BCUT2D eigenvalue weighted by Gasteiger charge is -2.19. The first-order valence-corrected chi connectivity index (χ1v) is 6.83. The van der Waals surface area contributed by atoms with E-state index in [0.29, 0.717) is 5.69 Å². The van der Waals surface area contributed by atoms with Gasteiger partial charge in [0, 0.05) is 26.2 Å². The summed E-state index contributed by atoms with van der Waals surface area (Å²) in [7, 11) is 0. The van der Waals surface area contributed by atoms with Crippen LogP contribution in [-0.2, 0) is 13.1 Å². The van der Waals surface area contributed by atoms with Crippen molar-refractivity contribution in [2.24, 2.45) is 0 Å². The second kappa shape index (κ2) is 6.32. The van der Waals surface area contributed by atoms with Gasteiger partial charge in [0.1, 0.15) is 6.10 Å². The van der Waals surface area contributed by atoms with Gasteiger partial charge < -0.3 is 10.2 Å². The number of aliphatic hydroxyl groups excluding tert-OH is 2. The van der Waals surface area contributed by atoms with Gasteiger partial charge in [-0.2, -0.15) is 5.10 Å². The smallest absolute Gasteiger partial charge is 0.121 e. The molecule has 0 fully saturated rings. The number of aromatic nitrogens is 2. The van der Waals surface area contributed by atoms with Crippen LogP contribution < -0.4 is 0 Å². The molecule has 1 aliphatic heterocycles. The van der Waals surface area contributed by atoms with E-state index in [1.165, 1.54) is 5.57 Å². The fourth-order valence-corrected chi connectivity index (χ4v) is 2.39. The average molecular weight is 265 g/mol. The van der Waals surface area contributed by atoms with Crippen molar-refractivity contribution in [2.75, 3.05) is 19.7 Å². The maximum Gasteiger partial charge on any atom is 0.121 e. The Balaban J connectivity index is 2.12. The maximum absolute atomic E-state index is 9.65. The van der Waals surface area contributed by atoms with Gasteiger partial charge in [-0.25, -0.2) is 0 Å². The predicted molar refractivity (Wildman–Crippen MR) is 73.6 cm³/mol. The van der Waals surface area contributed by atoms with E-state index in [2.05, 4.69) is 29.9 Å². The molecule has 1 unspecified atom stereocenters. The van der Waals surface area contributed by atoms with Gasteiger partial charge >= 0.3 is 0 Å². The highest BCUT2D eigenvalue weighted by molar-refractivity contribution is 5.14. The molecule has 19 heavy (non-hydrogen) atoms. The van der Waals surface area contributed by atoms with Crippen LogP contribution in [-0.4, -0.2) is 44.6 Å². The molecule has 0 bridgehead atoms. The highest BCUT2D eigenvalue weighted by Gasteiger charge is 2.19. The minimum atomic E-state index is -0.870. The Morgan fingerprint density at radius 1 is 1.53 bits per heavy atom. The Labute approximate surface area is 114 Å². The molecule has 2 rings (SSSR count). The minimum Gasteiger partial charge on any atom is -0.393 e. The Morgan fingerprint density at radius 3 is 3.00 bits per heavy atom. The largest absolute Gasteiger partial charge is 0.393 e. The normalized spacial score (nSPS) is 19.1. The number of hydrogen-bond acceptors (Lipinski definition) is 4. The molecule has 2 N–H and O–H groups in total. The van der Waals surface area contributed by atoms with Crippen molar-refractivity contribution in [3.8, 4) is 0 Å². The zero-order valence-corrected chi connectivity index (χ0v) is 11.7. The molecule has 0 aromatic carbocycles. The van der Waals surface area contributed by atoms with E-state index < -0.39 is 6.10 Å². The van der Waals surface area contributed by atoms with Crippen LogP contribution in [0.5, 0.6) is 0 Å². The van der Waals surface area contributed by atoms with E-state index >= 15 is 0 Å². The molecule has 106 valence electrons. The lowest BCUT2D eigenvalue weighted by molar-refractivity contribution is 0.0916. The summed E-state index contributed by atoms with van der Waals surface area (Å²) in [4.78, 5) is 2.39. The Morgan fingerprint density at radius 2 is 2.32 bits per heavy atom. The maximum atomic E-state index is 9.65. The van der Waals surface area contributed by atoms with Gasteiger partial charge in [-0.1, -0.05) is 11.6 Å². The van der Waals surface area contributed by atoms with Gasteiger partial charge in [0.25, 0.3) is 0 Å². The van der Waals surface area contributed by atoms with Crippen LogP contribution in [0.4, 0.5) is 0 Å². The van der Waals surface area contributed by atoms with Crippen LogP contribution in [0.3, 0.4) is 0 Å². The molecule has 5 heteroatoms. The fraction of sp³-hybridized carbons (Fsp3) is 0.643. The fourth-order valence-electron chi connectivity index (χ4n) is 2.39. The third-order valence-electron chi connectivity index (χ3n) is 3.59. The summed E-state index contributed by atoms with van der Waals surface area (Å²) >= 11 is 0. The van der Waals surface area contributed by atoms with Crippen molar-refractivity contribution in [3.05, 3.63) is 29.1 Å². The third kappa shape index (κ3) is 3.43. The van der Waals surface area contributed by atoms with E-state index in [1.54, 1.807) is 0 Å². The number of fused-ring (bicyclic) bond motifs is 1. The topological polar surface area (TPSA) is 61.5 Å². The van der Waals surface area contributed by atoms with Crippen molar-refractivity contribution >= 4 is 0 Å². The molecular formula is C14H23N3O2. The molecule has 1 aromatic heterocycles. The molecule has 0 aliphatic carbocycles. The summed E-state index contributed by atoms with van der Waals surface area (Å²) in [6.45, 7) is 7.68. The Bertz CT molecular complexity index is 454. The zero-order chi connectivity index (χ0) is 13.8. The van der Waals surface area contributed by atoms with Crippen LogP contribution in [0.2, 0.25) is 0 Å². The molecule has 1 atom stereocenters. The zero-order valence-electron chi connectivity index (χ0n) is 11.7. The summed E-state index contributed by atoms with van der Waals surface area (Å²) in [6, 6.07) is 1.91. The predicted octanol–water partition coefficient (Wildman–Crippen LogP) is 1.08. The number of nitrogens with zero attached hydrogens (tertiary/aromatic N) is 3. The first-order chi connectivity index (χ1) is 9.13. The molecule has 1 aromatic rings. The van der Waals surface area contributed by atoms with Crippen molar-refractivity contribution in [1.29, 1.82) is 0 Å². The van der Waals surface area contributed by atoms with Crippen LogP contribution in [0.15, 0.2) is 17.7 Å². The molecule has 0 spiro atoms. The average Bonchev–Trinajstić information content (AvgIpc) is 2.71. The molecule has 5 nitrogen and oxygen atoms in total. The van der Waals surface area contributed by atoms with Crippen LogP contribution in [0.25, 0.3) is 0 Å². The highest BCUT2D eigenvalue weighted by atomic mass is 16.3. The molecular weight excluding hydrogens is 242 g/mol. The molecule has 0 saturated heterocycles. The molecule has 0 amide bonds. The van der Waals surface area contributed by atoms with Gasteiger partial charge in [-0.05, 0) is 26.3 Å². The SMILES string of the molecule is CC=C(C)CN1CCCn2nc(C(O)CO)cc2C1. The van der Waals surface area contributed by atoms with Gasteiger partial charge in [0.15, 0.2) is 0 Å². The lowest BCUT2D eigenvalue weighted by atomic mass is 10.2. The monoisotopic (exact) mass is 265 g/mol. The van der Waals surface area contributed by atoms with Gasteiger partial charge in [-0.15, -0.1) is 0 Å². The van der Waals surface area contributed by atoms with E-state index in [0.717, 1.165) is 38.3 Å². The van der Waals surface area contributed by atoms with Gasteiger partial charge in [-0.3, -0.25) is 9.58 Å². The quantitative estimate of drug-likeness (QED) is 0.800. The van der Waals surface area contributed by atoms with E-state index in [1.807, 2.05) is 10.7 Å². The highest BCUT2D eigenvalue weighted by Crippen LogP contribution is 2.18. The van der Waals surface area contributed by atoms with Crippen LogP contribution in [0, 0.1) is 0 Å². The number of allylic oxidation sites excluding steroid dienone is 1. The number of aryl methyl sites for hydroxylation is 1. The molecule has 1 aliphatic rings. The summed E-state index contributed by atoms with van der Waals surface area (Å²) in [5.41, 5.74) is 3.05. The summed E-state index contributed by atoms with van der Waals surface area (Å²) in [5, 5.41) is 23.0. The summed E-state index contributed by atoms with van der Waals surface area (Å²) in [5.74, 6) is 0.